The van der Waals surface area contributed by atoms with E-state index in [2.05, 4.69) is 33.4 Å². The first-order chi connectivity index (χ1) is 10.0. The molecule has 0 aliphatic heterocycles. The number of benzene rings is 2. The number of carbonyl (C=O) groups excluding carboxylic acids is 1. The number of rotatable bonds is 5. The standard InChI is InChI=1S/C17H19BrN2O/c1-13-4-3-5-16(10-13)19-17(21)12-20(2)11-14-6-8-15(18)9-7-14/h3-10H,11-12H2,1-2H3,(H,19,21). The highest BCUT2D eigenvalue weighted by Gasteiger charge is 2.07. The highest BCUT2D eigenvalue weighted by molar-refractivity contribution is 9.10. The van der Waals surface area contributed by atoms with Crippen molar-refractivity contribution in [3.8, 4) is 0 Å². The fraction of sp³-hybridized carbons (Fsp3) is 0.235. The van der Waals surface area contributed by atoms with E-state index in [9.17, 15) is 4.79 Å². The van der Waals surface area contributed by atoms with E-state index in [4.69, 9.17) is 0 Å². The van der Waals surface area contributed by atoms with Gasteiger partial charge in [0.15, 0.2) is 0 Å². The summed E-state index contributed by atoms with van der Waals surface area (Å²) in [5, 5.41) is 2.92. The molecule has 0 radical (unpaired) electrons. The number of carbonyl (C=O) groups is 1. The smallest absolute Gasteiger partial charge is 0.238 e. The third kappa shape index (κ3) is 5.33. The Kier molecular flexibility index (Phi) is 5.53. The van der Waals surface area contributed by atoms with Crippen LogP contribution in [0.5, 0.6) is 0 Å². The maximum Gasteiger partial charge on any atom is 0.238 e. The second-order valence-corrected chi connectivity index (χ2v) is 6.13. The van der Waals surface area contributed by atoms with Crippen LogP contribution in [0.4, 0.5) is 5.69 Å². The van der Waals surface area contributed by atoms with Gasteiger partial charge in [-0.1, -0.05) is 40.2 Å². The van der Waals surface area contributed by atoms with Crippen LogP contribution in [0.1, 0.15) is 11.1 Å². The van der Waals surface area contributed by atoms with Crippen LogP contribution >= 0.6 is 15.9 Å². The number of hydrogen-bond donors (Lipinski definition) is 1. The van der Waals surface area contributed by atoms with Gasteiger partial charge in [0, 0.05) is 16.7 Å². The summed E-state index contributed by atoms with van der Waals surface area (Å²) >= 11 is 3.42. The van der Waals surface area contributed by atoms with Gasteiger partial charge in [0.05, 0.1) is 6.54 Å². The number of amides is 1. The van der Waals surface area contributed by atoms with Crippen LogP contribution < -0.4 is 5.32 Å². The quantitative estimate of drug-likeness (QED) is 0.892. The van der Waals surface area contributed by atoms with Gasteiger partial charge in [-0.15, -0.1) is 0 Å². The molecule has 1 N–H and O–H groups in total. The summed E-state index contributed by atoms with van der Waals surface area (Å²) in [7, 11) is 1.94. The van der Waals surface area contributed by atoms with Crippen molar-refractivity contribution < 1.29 is 4.79 Å². The number of likely N-dealkylation sites (N-methyl/N-ethyl adjacent to an activating group) is 1. The van der Waals surface area contributed by atoms with Crippen molar-refractivity contribution in [3.63, 3.8) is 0 Å². The Labute approximate surface area is 134 Å². The van der Waals surface area contributed by atoms with Crippen LogP contribution in [-0.2, 0) is 11.3 Å². The number of halogens is 1. The van der Waals surface area contributed by atoms with Crippen LogP contribution in [0, 0.1) is 6.92 Å². The minimum absolute atomic E-state index is 0.000196. The fourth-order valence-electron chi connectivity index (χ4n) is 2.13. The Morgan fingerprint density at radius 1 is 1.19 bits per heavy atom. The fourth-order valence-corrected chi connectivity index (χ4v) is 2.39. The van der Waals surface area contributed by atoms with Gasteiger partial charge in [0.1, 0.15) is 0 Å². The van der Waals surface area contributed by atoms with Crippen molar-refractivity contribution in [2.24, 2.45) is 0 Å². The topological polar surface area (TPSA) is 32.3 Å². The lowest BCUT2D eigenvalue weighted by molar-refractivity contribution is -0.117. The molecule has 2 rings (SSSR count). The molecular weight excluding hydrogens is 328 g/mol. The van der Waals surface area contributed by atoms with Gasteiger partial charge in [-0.05, 0) is 49.4 Å². The van der Waals surface area contributed by atoms with E-state index in [-0.39, 0.29) is 5.91 Å². The second-order valence-electron chi connectivity index (χ2n) is 5.22. The average Bonchev–Trinajstić information content (AvgIpc) is 2.41. The van der Waals surface area contributed by atoms with Gasteiger partial charge in [0.25, 0.3) is 0 Å². The normalized spacial score (nSPS) is 10.7. The van der Waals surface area contributed by atoms with Gasteiger partial charge in [0.2, 0.25) is 5.91 Å². The molecule has 0 saturated heterocycles. The Balaban J connectivity index is 1.86. The predicted octanol–water partition coefficient (Wildman–Crippen LogP) is 3.83. The Bertz CT molecular complexity index is 610. The van der Waals surface area contributed by atoms with Crippen LogP contribution in [0.3, 0.4) is 0 Å². The first-order valence-corrected chi connectivity index (χ1v) is 7.62. The number of aryl methyl sites for hydroxylation is 1. The SMILES string of the molecule is Cc1cccc(NC(=O)CN(C)Cc2ccc(Br)cc2)c1. The van der Waals surface area contributed by atoms with E-state index in [1.807, 2.05) is 55.3 Å². The monoisotopic (exact) mass is 346 g/mol. The predicted molar refractivity (Wildman–Crippen MR) is 90.3 cm³/mol. The van der Waals surface area contributed by atoms with Crippen molar-refractivity contribution in [1.82, 2.24) is 4.90 Å². The lowest BCUT2D eigenvalue weighted by Gasteiger charge is -2.16. The van der Waals surface area contributed by atoms with E-state index in [0.29, 0.717) is 6.54 Å². The molecule has 0 saturated carbocycles. The van der Waals surface area contributed by atoms with Gasteiger partial charge < -0.3 is 5.32 Å². The van der Waals surface area contributed by atoms with Crippen molar-refractivity contribution >= 4 is 27.5 Å². The van der Waals surface area contributed by atoms with E-state index in [1.54, 1.807) is 0 Å². The molecule has 2 aromatic carbocycles. The first kappa shape index (κ1) is 15.7. The molecule has 110 valence electrons. The number of anilines is 1. The molecule has 3 nitrogen and oxygen atoms in total. The van der Waals surface area contributed by atoms with Gasteiger partial charge in [-0.3, -0.25) is 9.69 Å². The number of hydrogen-bond acceptors (Lipinski definition) is 2. The molecule has 4 heteroatoms. The molecule has 21 heavy (non-hydrogen) atoms. The number of nitrogens with zero attached hydrogens (tertiary/aromatic N) is 1. The van der Waals surface area contributed by atoms with Crippen LogP contribution in [0.15, 0.2) is 53.0 Å². The average molecular weight is 347 g/mol. The lowest BCUT2D eigenvalue weighted by Crippen LogP contribution is -2.29. The molecule has 0 unspecified atom stereocenters. The Hall–Kier alpha value is -1.65. The van der Waals surface area contributed by atoms with Crippen molar-refractivity contribution in [1.29, 1.82) is 0 Å². The highest BCUT2D eigenvalue weighted by atomic mass is 79.9. The molecule has 0 aromatic heterocycles. The van der Waals surface area contributed by atoms with E-state index in [1.165, 1.54) is 5.56 Å². The minimum atomic E-state index is 0.000196. The van der Waals surface area contributed by atoms with Gasteiger partial charge in [-0.2, -0.15) is 0 Å². The lowest BCUT2D eigenvalue weighted by atomic mass is 10.2. The molecule has 0 spiro atoms. The molecule has 1 amide bonds. The Morgan fingerprint density at radius 3 is 2.57 bits per heavy atom. The minimum Gasteiger partial charge on any atom is -0.325 e. The maximum atomic E-state index is 12.0. The van der Waals surface area contributed by atoms with E-state index < -0.39 is 0 Å². The van der Waals surface area contributed by atoms with Crippen LogP contribution in [-0.4, -0.2) is 24.4 Å². The molecule has 0 aliphatic rings. The molecule has 0 aliphatic carbocycles. The summed E-state index contributed by atoms with van der Waals surface area (Å²) in [4.78, 5) is 14.0. The molecule has 0 bridgehead atoms. The zero-order chi connectivity index (χ0) is 15.2. The van der Waals surface area contributed by atoms with Crippen molar-refractivity contribution in [2.45, 2.75) is 13.5 Å². The third-order valence-electron chi connectivity index (χ3n) is 3.08. The third-order valence-corrected chi connectivity index (χ3v) is 3.61. The van der Waals surface area contributed by atoms with E-state index in [0.717, 1.165) is 22.3 Å². The first-order valence-electron chi connectivity index (χ1n) is 6.82. The van der Waals surface area contributed by atoms with Gasteiger partial charge >= 0.3 is 0 Å². The summed E-state index contributed by atoms with van der Waals surface area (Å²) in [6.45, 7) is 3.12. The summed E-state index contributed by atoms with van der Waals surface area (Å²) in [5.74, 6) is 0.000196. The van der Waals surface area contributed by atoms with Crippen molar-refractivity contribution in [2.75, 3.05) is 18.9 Å². The number of nitrogens with one attached hydrogen (secondary N) is 1. The highest BCUT2D eigenvalue weighted by Crippen LogP contribution is 2.12. The molecule has 2 aromatic rings. The maximum absolute atomic E-state index is 12.0. The summed E-state index contributed by atoms with van der Waals surface area (Å²) in [5.41, 5.74) is 3.16. The van der Waals surface area contributed by atoms with Crippen molar-refractivity contribution in [3.05, 3.63) is 64.1 Å². The summed E-state index contributed by atoms with van der Waals surface area (Å²) in [6, 6.07) is 15.9. The zero-order valence-corrected chi connectivity index (χ0v) is 13.9. The molecule has 0 atom stereocenters. The molecule has 0 heterocycles. The summed E-state index contributed by atoms with van der Waals surface area (Å²) < 4.78 is 1.06. The van der Waals surface area contributed by atoms with E-state index >= 15 is 0 Å². The molecule has 0 fully saturated rings. The largest absolute Gasteiger partial charge is 0.325 e. The second kappa shape index (κ2) is 7.38. The van der Waals surface area contributed by atoms with Crippen LogP contribution in [0.2, 0.25) is 0 Å². The van der Waals surface area contributed by atoms with Gasteiger partial charge in [-0.25, -0.2) is 0 Å². The Morgan fingerprint density at radius 2 is 1.90 bits per heavy atom. The van der Waals surface area contributed by atoms with Crippen LogP contribution in [0.25, 0.3) is 0 Å². The zero-order valence-electron chi connectivity index (χ0n) is 12.3. The molecular formula is C17H19BrN2O. The summed E-state index contributed by atoms with van der Waals surface area (Å²) in [6.07, 6.45) is 0.